The number of hydrogen-bond donors (Lipinski definition) is 0. The van der Waals surface area contributed by atoms with E-state index in [1.54, 1.807) is 6.08 Å². The van der Waals surface area contributed by atoms with Gasteiger partial charge in [-0.05, 0) is 77.0 Å². The second-order valence-electron chi connectivity index (χ2n) is 8.53. The van der Waals surface area contributed by atoms with Crippen LogP contribution in [0.1, 0.15) is 16.7 Å². The maximum absolute atomic E-state index is 12.9. The number of amides is 2. The number of aryl methyl sites for hydroxylation is 1. The number of fused-ring (bicyclic) bond motifs is 1. The minimum absolute atomic E-state index is 0.254. The van der Waals surface area contributed by atoms with Crippen LogP contribution < -0.4 is 9.47 Å². The molecule has 4 aromatic carbocycles. The maximum Gasteiger partial charge on any atom is 0.293 e. The van der Waals surface area contributed by atoms with Gasteiger partial charge in [-0.3, -0.25) is 14.5 Å². The molecular formula is C30H25NO4S. The summed E-state index contributed by atoms with van der Waals surface area (Å²) in [6.45, 7) is 3.15. The number of imide groups is 1. The van der Waals surface area contributed by atoms with Crippen LogP contribution in [0, 0.1) is 6.92 Å². The first-order chi connectivity index (χ1) is 17.5. The van der Waals surface area contributed by atoms with Crippen molar-refractivity contribution >= 4 is 39.8 Å². The van der Waals surface area contributed by atoms with Crippen molar-refractivity contribution in [2.75, 3.05) is 13.2 Å². The fraction of sp³-hybridized carbons (Fsp3) is 0.133. The maximum atomic E-state index is 12.9. The van der Waals surface area contributed by atoms with Gasteiger partial charge in [-0.1, -0.05) is 66.2 Å². The second-order valence-corrected chi connectivity index (χ2v) is 9.52. The standard InChI is InChI=1S/C30H25NO4S/c1-21-6-12-26(13-7-21)34-16-17-35-27-14-9-22(10-15-27)19-28-29(32)31(30(33)36-28)20-23-8-11-24-4-2-3-5-25(24)18-23/h2-15,18-19H,16-17,20H2,1H3/b28-19-. The Morgan fingerprint density at radius 3 is 2.11 bits per heavy atom. The summed E-state index contributed by atoms with van der Waals surface area (Å²) in [5.41, 5.74) is 2.94. The molecule has 36 heavy (non-hydrogen) atoms. The zero-order valence-electron chi connectivity index (χ0n) is 19.8. The normalized spacial score (nSPS) is 14.6. The highest BCUT2D eigenvalue weighted by Crippen LogP contribution is 2.34. The molecule has 0 spiro atoms. The molecule has 5 nitrogen and oxygen atoms in total. The predicted octanol–water partition coefficient (Wildman–Crippen LogP) is 6.84. The molecule has 0 atom stereocenters. The lowest BCUT2D eigenvalue weighted by Crippen LogP contribution is -2.27. The average molecular weight is 496 g/mol. The number of thioether (sulfide) groups is 1. The summed E-state index contributed by atoms with van der Waals surface area (Å²) in [6.07, 6.45) is 1.75. The lowest BCUT2D eigenvalue weighted by Gasteiger charge is -2.13. The SMILES string of the molecule is Cc1ccc(OCCOc2ccc(/C=C3\SC(=O)N(Cc4ccc5ccccc5c4)C3=O)cc2)cc1. The summed E-state index contributed by atoms with van der Waals surface area (Å²) in [5, 5.41) is 1.95. The third kappa shape index (κ3) is 5.61. The molecule has 0 bridgehead atoms. The molecule has 1 heterocycles. The lowest BCUT2D eigenvalue weighted by molar-refractivity contribution is -0.123. The van der Waals surface area contributed by atoms with Gasteiger partial charge in [0.1, 0.15) is 24.7 Å². The Balaban J connectivity index is 1.17. The topological polar surface area (TPSA) is 55.8 Å². The molecule has 0 unspecified atom stereocenters. The van der Waals surface area contributed by atoms with Crippen molar-refractivity contribution in [1.82, 2.24) is 4.90 Å². The van der Waals surface area contributed by atoms with Crippen LogP contribution in [0.4, 0.5) is 4.79 Å². The second kappa shape index (κ2) is 10.7. The zero-order chi connectivity index (χ0) is 24.9. The molecule has 1 fully saturated rings. The summed E-state index contributed by atoms with van der Waals surface area (Å²) in [5.74, 6) is 1.25. The van der Waals surface area contributed by atoms with E-state index >= 15 is 0 Å². The van der Waals surface area contributed by atoms with Gasteiger partial charge in [0.15, 0.2) is 0 Å². The minimum Gasteiger partial charge on any atom is -0.490 e. The summed E-state index contributed by atoms with van der Waals surface area (Å²) in [7, 11) is 0. The van der Waals surface area contributed by atoms with Gasteiger partial charge in [-0.15, -0.1) is 0 Å². The molecule has 0 saturated carbocycles. The molecule has 1 aliphatic heterocycles. The van der Waals surface area contributed by atoms with Gasteiger partial charge in [0.05, 0.1) is 11.4 Å². The van der Waals surface area contributed by atoms with Gasteiger partial charge in [-0.25, -0.2) is 0 Å². The van der Waals surface area contributed by atoms with Crippen molar-refractivity contribution in [3.8, 4) is 11.5 Å². The smallest absolute Gasteiger partial charge is 0.293 e. The van der Waals surface area contributed by atoms with Gasteiger partial charge < -0.3 is 9.47 Å². The molecule has 2 amide bonds. The summed E-state index contributed by atoms with van der Waals surface area (Å²) in [6, 6.07) is 29.3. The lowest BCUT2D eigenvalue weighted by atomic mass is 10.1. The van der Waals surface area contributed by atoms with Crippen molar-refractivity contribution in [2.45, 2.75) is 13.5 Å². The Hall–Kier alpha value is -4.03. The van der Waals surface area contributed by atoms with Crippen LogP contribution in [0.25, 0.3) is 16.8 Å². The first-order valence-electron chi connectivity index (χ1n) is 11.7. The number of ether oxygens (including phenoxy) is 2. The molecule has 6 heteroatoms. The van der Waals surface area contributed by atoms with Gasteiger partial charge in [-0.2, -0.15) is 0 Å². The molecule has 4 aromatic rings. The molecule has 180 valence electrons. The Morgan fingerprint density at radius 1 is 0.778 bits per heavy atom. The molecule has 0 aliphatic carbocycles. The Labute approximate surface area is 214 Å². The van der Waals surface area contributed by atoms with Crippen molar-refractivity contribution in [1.29, 1.82) is 0 Å². The van der Waals surface area contributed by atoms with E-state index in [2.05, 4.69) is 0 Å². The van der Waals surface area contributed by atoms with Crippen LogP contribution in [0.3, 0.4) is 0 Å². The number of benzene rings is 4. The highest BCUT2D eigenvalue weighted by atomic mass is 32.2. The molecule has 0 aromatic heterocycles. The Morgan fingerprint density at radius 2 is 1.42 bits per heavy atom. The summed E-state index contributed by atoms with van der Waals surface area (Å²) >= 11 is 0.970. The largest absolute Gasteiger partial charge is 0.490 e. The van der Waals surface area contributed by atoms with Crippen LogP contribution in [0.2, 0.25) is 0 Å². The van der Waals surface area contributed by atoms with Crippen molar-refractivity contribution in [3.05, 3.63) is 113 Å². The van der Waals surface area contributed by atoms with E-state index in [0.717, 1.165) is 39.4 Å². The monoisotopic (exact) mass is 495 g/mol. The fourth-order valence-electron chi connectivity index (χ4n) is 3.92. The molecule has 1 aliphatic rings. The third-order valence-electron chi connectivity index (χ3n) is 5.85. The number of rotatable bonds is 8. The Bertz CT molecular complexity index is 1430. The third-order valence-corrected chi connectivity index (χ3v) is 6.76. The molecule has 0 N–H and O–H groups in total. The molecular weight excluding hydrogens is 470 g/mol. The van der Waals surface area contributed by atoms with Gasteiger partial charge in [0.25, 0.3) is 11.1 Å². The average Bonchev–Trinajstić information content (AvgIpc) is 3.16. The molecule has 5 rings (SSSR count). The number of nitrogens with zero attached hydrogens (tertiary/aromatic N) is 1. The highest BCUT2D eigenvalue weighted by molar-refractivity contribution is 8.18. The first-order valence-corrected chi connectivity index (χ1v) is 12.5. The quantitative estimate of drug-likeness (QED) is 0.198. The van der Waals surface area contributed by atoms with Crippen LogP contribution in [-0.2, 0) is 11.3 Å². The molecule has 0 radical (unpaired) electrons. The van der Waals surface area contributed by atoms with E-state index in [9.17, 15) is 9.59 Å². The van der Waals surface area contributed by atoms with Crippen LogP contribution in [0.5, 0.6) is 11.5 Å². The van der Waals surface area contributed by atoms with E-state index < -0.39 is 0 Å². The van der Waals surface area contributed by atoms with Crippen LogP contribution in [-0.4, -0.2) is 29.3 Å². The number of carbonyl (C=O) groups excluding carboxylic acids is 2. The van der Waals surface area contributed by atoms with Crippen molar-refractivity contribution in [3.63, 3.8) is 0 Å². The van der Waals surface area contributed by atoms with E-state index in [-0.39, 0.29) is 17.7 Å². The van der Waals surface area contributed by atoms with Crippen molar-refractivity contribution < 1.29 is 19.1 Å². The van der Waals surface area contributed by atoms with E-state index in [0.29, 0.717) is 23.9 Å². The number of carbonyl (C=O) groups is 2. The van der Waals surface area contributed by atoms with Gasteiger partial charge >= 0.3 is 0 Å². The van der Waals surface area contributed by atoms with E-state index in [1.807, 2.05) is 97.9 Å². The predicted molar refractivity (Wildman–Crippen MR) is 144 cm³/mol. The van der Waals surface area contributed by atoms with Crippen LogP contribution in [0.15, 0.2) is 95.9 Å². The van der Waals surface area contributed by atoms with Crippen molar-refractivity contribution in [2.24, 2.45) is 0 Å². The minimum atomic E-state index is -0.272. The fourth-order valence-corrected chi connectivity index (χ4v) is 4.76. The molecule has 1 saturated heterocycles. The van der Waals surface area contributed by atoms with E-state index in [4.69, 9.17) is 9.47 Å². The number of hydrogen-bond acceptors (Lipinski definition) is 5. The zero-order valence-corrected chi connectivity index (χ0v) is 20.7. The first kappa shape index (κ1) is 23.7. The Kier molecular flexibility index (Phi) is 7.05. The van der Waals surface area contributed by atoms with Gasteiger partial charge in [0.2, 0.25) is 0 Å². The van der Waals surface area contributed by atoms with Crippen LogP contribution >= 0.6 is 11.8 Å². The summed E-state index contributed by atoms with van der Waals surface area (Å²) < 4.78 is 11.4. The highest BCUT2D eigenvalue weighted by Gasteiger charge is 2.35. The van der Waals surface area contributed by atoms with Gasteiger partial charge in [0, 0.05) is 0 Å². The summed E-state index contributed by atoms with van der Waals surface area (Å²) in [4.78, 5) is 27.2. The van der Waals surface area contributed by atoms with E-state index in [1.165, 1.54) is 10.5 Å².